The van der Waals surface area contributed by atoms with Gasteiger partial charge in [0.05, 0.1) is 0 Å². The number of benzene rings is 2. The molecule has 0 radical (unpaired) electrons. The Balaban J connectivity index is 2.27. The molecule has 3 heteroatoms. The average Bonchev–Trinajstić information content (AvgIpc) is 2.37. The van der Waals surface area contributed by atoms with Gasteiger partial charge in [0.15, 0.2) is 0 Å². The molecule has 18 heavy (non-hydrogen) atoms. The number of thioether (sulfide) groups is 1. The molecule has 1 unspecified atom stereocenters. The highest BCUT2D eigenvalue weighted by molar-refractivity contribution is 8.00. The Morgan fingerprint density at radius 2 is 1.83 bits per heavy atom. The van der Waals surface area contributed by atoms with Crippen LogP contribution in [0.15, 0.2) is 59.5 Å². The molecular weight excluding hydrogens is 244 g/mol. The van der Waals surface area contributed by atoms with Crippen LogP contribution in [0.3, 0.4) is 0 Å². The second kappa shape index (κ2) is 5.74. The van der Waals surface area contributed by atoms with E-state index < -0.39 is 11.2 Å². The summed E-state index contributed by atoms with van der Waals surface area (Å²) in [5, 5.41) is 8.80. The first-order chi connectivity index (χ1) is 8.66. The topological polar surface area (TPSA) is 37.3 Å². The molecule has 1 N–H and O–H groups in total. The van der Waals surface area contributed by atoms with E-state index in [9.17, 15) is 9.90 Å². The van der Waals surface area contributed by atoms with Gasteiger partial charge in [-0.15, -0.1) is 11.8 Å². The largest absolute Gasteiger partial charge is 0.480 e. The molecule has 0 saturated heterocycles. The lowest BCUT2D eigenvalue weighted by atomic mass is 10.1. The van der Waals surface area contributed by atoms with Crippen molar-refractivity contribution in [3.63, 3.8) is 0 Å². The van der Waals surface area contributed by atoms with E-state index in [1.165, 1.54) is 11.8 Å². The molecule has 0 heterocycles. The summed E-state index contributed by atoms with van der Waals surface area (Å²) in [4.78, 5) is 12.4. The van der Waals surface area contributed by atoms with Crippen molar-refractivity contribution in [2.75, 3.05) is 0 Å². The number of hydrogen-bond donors (Lipinski definition) is 1. The van der Waals surface area contributed by atoms with E-state index in [1.54, 1.807) is 0 Å². The molecule has 0 saturated carbocycles. The quantitative estimate of drug-likeness (QED) is 0.845. The fourth-order valence-corrected chi connectivity index (χ4v) is 2.70. The van der Waals surface area contributed by atoms with Crippen molar-refractivity contribution in [3.8, 4) is 0 Å². The minimum atomic E-state index is -0.811. The zero-order chi connectivity index (χ0) is 13.0. The van der Waals surface area contributed by atoms with E-state index in [1.807, 2.05) is 61.5 Å². The number of carbonyl (C=O) groups is 1. The summed E-state index contributed by atoms with van der Waals surface area (Å²) in [6.45, 7) is 1.97. The number of rotatable bonds is 4. The van der Waals surface area contributed by atoms with Crippen LogP contribution in [-0.2, 0) is 4.79 Å². The van der Waals surface area contributed by atoms with Crippen LogP contribution in [0.1, 0.15) is 16.4 Å². The van der Waals surface area contributed by atoms with Crippen LogP contribution in [0.2, 0.25) is 0 Å². The van der Waals surface area contributed by atoms with Crippen LogP contribution in [0.5, 0.6) is 0 Å². The number of aryl methyl sites for hydroxylation is 1. The van der Waals surface area contributed by atoms with Crippen LogP contribution >= 0.6 is 11.8 Å². The molecule has 0 aromatic heterocycles. The third-order valence-electron chi connectivity index (χ3n) is 2.57. The van der Waals surface area contributed by atoms with Gasteiger partial charge in [-0.3, -0.25) is 4.79 Å². The maximum Gasteiger partial charge on any atom is 0.321 e. The van der Waals surface area contributed by atoms with E-state index in [4.69, 9.17) is 0 Å². The standard InChI is InChI=1S/C15H14O2S/c1-11-6-5-7-12(10-11)14(15(16)17)18-13-8-3-2-4-9-13/h2-10,14H,1H3,(H,16,17). The number of carboxylic acid groups (broad SMARTS) is 1. The van der Waals surface area contributed by atoms with Gasteiger partial charge >= 0.3 is 5.97 Å². The van der Waals surface area contributed by atoms with Crippen LogP contribution in [0, 0.1) is 6.92 Å². The summed E-state index contributed by atoms with van der Waals surface area (Å²) >= 11 is 1.36. The number of carboxylic acids is 1. The van der Waals surface area contributed by atoms with Crippen molar-refractivity contribution >= 4 is 17.7 Å². The molecular formula is C15H14O2S. The normalized spacial score (nSPS) is 12.1. The zero-order valence-electron chi connectivity index (χ0n) is 10.0. The molecule has 0 aliphatic rings. The van der Waals surface area contributed by atoms with E-state index >= 15 is 0 Å². The molecule has 1 atom stereocenters. The zero-order valence-corrected chi connectivity index (χ0v) is 10.9. The maximum absolute atomic E-state index is 11.4. The Hall–Kier alpha value is -1.74. The predicted octanol–water partition coefficient (Wildman–Crippen LogP) is 3.91. The maximum atomic E-state index is 11.4. The van der Waals surface area contributed by atoms with Crippen molar-refractivity contribution in [3.05, 3.63) is 65.7 Å². The number of aliphatic carboxylic acids is 1. The lowest BCUT2D eigenvalue weighted by Gasteiger charge is -2.13. The molecule has 0 amide bonds. The Labute approximate surface area is 111 Å². The molecule has 0 aliphatic carbocycles. The molecule has 0 fully saturated rings. The molecule has 0 bridgehead atoms. The average molecular weight is 258 g/mol. The smallest absolute Gasteiger partial charge is 0.321 e. The van der Waals surface area contributed by atoms with Gasteiger partial charge < -0.3 is 5.11 Å². The van der Waals surface area contributed by atoms with Gasteiger partial charge in [-0.05, 0) is 24.6 Å². The van der Waals surface area contributed by atoms with E-state index in [-0.39, 0.29) is 0 Å². The second-order valence-electron chi connectivity index (χ2n) is 4.06. The highest BCUT2D eigenvalue weighted by atomic mass is 32.2. The molecule has 0 spiro atoms. The Kier molecular flexibility index (Phi) is 4.05. The SMILES string of the molecule is Cc1cccc(C(Sc2ccccc2)C(=O)O)c1. The fourth-order valence-electron chi connectivity index (χ4n) is 1.73. The highest BCUT2D eigenvalue weighted by Gasteiger charge is 2.21. The van der Waals surface area contributed by atoms with Gasteiger partial charge in [0.1, 0.15) is 5.25 Å². The van der Waals surface area contributed by atoms with Gasteiger partial charge in [-0.2, -0.15) is 0 Å². The summed E-state index contributed by atoms with van der Waals surface area (Å²) < 4.78 is 0. The summed E-state index contributed by atoms with van der Waals surface area (Å²) in [6.07, 6.45) is 0. The van der Waals surface area contributed by atoms with Crippen LogP contribution in [0.4, 0.5) is 0 Å². The van der Waals surface area contributed by atoms with Crippen LogP contribution in [-0.4, -0.2) is 11.1 Å². The fraction of sp³-hybridized carbons (Fsp3) is 0.133. The molecule has 0 aliphatic heterocycles. The number of hydrogen-bond acceptors (Lipinski definition) is 2. The lowest BCUT2D eigenvalue weighted by Crippen LogP contribution is -2.07. The second-order valence-corrected chi connectivity index (χ2v) is 5.24. The Morgan fingerprint density at radius 1 is 1.11 bits per heavy atom. The van der Waals surface area contributed by atoms with E-state index in [0.717, 1.165) is 16.0 Å². The Bertz CT molecular complexity index is 537. The first-order valence-electron chi connectivity index (χ1n) is 5.68. The Morgan fingerprint density at radius 3 is 2.44 bits per heavy atom. The molecule has 92 valence electrons. The van der Waals surface area contributed by atoms with Crippen molar-refractivity contribution in [2.24, 2.45) is 0 Å². The van der Waals surface area contributed by atoms with E-state index in [0.29, 0.717) is 0 Å². The molecule has 2 rings (SSSR count). The van der Waals surface area contributed by atoms with Crippen LogP contribution in [0.25, 0.3) is 0 Å². The van der Waals surface area contributed by atoms with Crippen LogP contribution < -0.4 is 0 Å². The third-order valence-corrected chi connectivity index (χ3v) is 3.82. The predicted molar refractivity (Wildman–Crippen MR) is 73.9 cm³/mol. The van der Waals surface area contributed by atoms with E-state index in [2.05, 4.69) is 0 Å². The summed E-state index contributed by atoms with van der Waals surface area (Å²) in [5.74, 6) is -0.811. The monoisotopic (exact) mass is 258 g/mol. The lowest BCUT2D eigenvalue weighted by molar-refractivity contribution is -0.136. The first-order valence-corrected chi connectivity index (χ1v) is 6.56. The van der Waals surface area contributed by atoms with Crippen molar-refractivity contribution in [2.45, 2.75) is 17.1 Å². The minimum absolute atomic E-state index is 0.563. The molecule has 2 aromatic carbocycles. The molecule has 2 nitrogen and oxygen atoms in total. The molecule has 2 aromatic rings. The van der Waals surface area contributed by atoms with Crippen molar-refractivity contribution in [1.29, 1.82) is 0 Å². The van der Waals surface area contributed by atoms with Gasteiger partial charge in [0.2, 0.25) is 0 Å². The van der Waals surface area contributed by atoms with Crippen molar-refractivity contribution in [1.82, 2.24) is 0 Å². The van der Waals surface area contributed by atoms with Gasteiger partial charge in [-0.1, -0.05) is 48.0 Å². The van der Waals surface area contributed by atoms with Crippen molar-refractivity contribution < 1.29 is 9.90 Å². The van der Waals surface area contributed by atoms with Gasteiger partial charge in [0.25, 0.3) is 0 Å². The minimum Gasteiger partial charge on any atom is -0.480 e. The summed E-state index contributed by atoms with van der Waals surface area (Å²) in [5.41, 5.74) is 1.91. The third kappa shape index (κ3) is 3.14. The first kappa shape index (κ1) is 12.7. The summed E-state index contributed by atoms with van der Waals surface area (Å²) in [7, 11) is 0. The van der Waals surface area contributed by atoms with Gasteiger partial charge in [0, 0.05) is 4.90 Å². The summed E-state index contributed by atoms with van der Waals surface area (Å²) in [6, 6.07) is 17.3. The van der Waals surface area contributed by atoms with Gasteiger partial charge in [-0.25, -0.2) is 0 Å². The highest BCUT2D eigenvalue weighted by Crippen LogP contribution is 2.35.